The van der Waals surface area contributed by atoms with Gasteiger partial charge >= 0.3 is 0 Å². The van der Waals surface area contributed by atoms with Gasteiger partial charge in [-0.1, -0.05) is 18.2 Å². The molecule has 162 valence electrons. The zero-order chi connectivity index (χ0) is 22.1. The van der Waals surface area contributed by atoms with Crippen LogP contribution in [-0.4, -0.2) is 24.5 Å². The molecule has 31 heavy (non-hydrogen) atoms. The Balaban J connectivity index is 1.52. The fourth-order valence-electron chi connectivity index (χ4n) is 2.65. The zero-order valence-electron chi connectivity index (χ0n) is 17.3. The van der Waals surface area contributed by atoms with Crippen molar-refractivity contribution in [3.8, 4) is 11.5 Å². The predicted octanol–water partition coefficient (Wildman–Crippen LogP) is 4.67. The smallest absolute Gasteiger partial charge is 0.279 e. The van der Waals surface area contributed by atoms with Crippen LogP contribution in [0.2, 0.25) is 0 Å². The van der Waals surface area contributed by atoms with Crippen LogP contribution in [0.3, 0.4) is 0 Å². The first kappa shape index (κ1) is 22.7. The van der Waals surface area contributed by atoms with Gasteiger partial charge < -0.3 is 9.47 Å². The van der Waals surface area contributed by atoms with Gasteiger partial charge in [0.2, 0.25) is 0 Å². The quantitative estimate of drug-likeness (QED) is 0.362. The molecule has 1 unspecified atom stereocenters. The van der Waals surface area contributed by atoms with Gasteiger partial charge in [0.25, 0.3) is 11.8 Å². The standard InChI is InChI=1S/C23H24N2O4S2/c1-3-28-17-10-12-18(13-11-17)29-16(2)22(26)24-25-23(27)20-8-4-5-9-21(20)31-15-19-7-6-14-30-19/h4-14,16H,3,15H2,1-2H3,(H,24,26)(H,25,27). The first-order valence-corrected chi connectivity index (χ1v) is 11.7. The topological polar surface area (TPSA) is 76.7 Å². The predicted molar refractivity (Wildman–Crippen MR) is 124 cm³/mol. The van der Waals surface area contributed by atoms with Crippen LogP contribution in [-0.2, 0) is 10.5 Å². The largest absolute Gasteiger partial charge is 0.494 e. The van der Waals surface area contributed by atoms with Gasteiger partial charge in [-0.15, -0.1) is 23.1 Å². The Labute approximate surface area is 189 Å². The lowest BCUT2D eigenvalue weighted by molar-refractivity contribution is -0.128. The van der Waals surface area contributed by atoms with Crippen molar-refractivity contribution in [3.63, 3.8) is 0 Å². The molecule has 0 fully saturated rings. The highest BCUT2D eigenvalue weighted by atomic mass is 32.2. The monoisotopic (exact) mass is 456 g/mol. The summed E-state index contributed by atoms with van der Waals surface area (Å²) < 4.78 is 11.0. The number of carbonyl (C=O) groups is 2. The second-order valence-electron chi connectivity index (χ2n) is 6.47. The molecule has 0 aliphatic rings. The zero-order valence-corrected chi connectivity index (χ0v) is 18.9. The third-order valence-electron chi connectivity index (χ3n) is 4.20. The average Bonchev–Trinajstić information content (AvgIpc) is 3.31. The van der Waals surface area contributed by atoms with E-state index in [9.17, 15) is 9.59 Å². The molecule has 0 saturated carbocycles. The molecule has 3 aromatic rings. The molecule has 1 aromatic heterocycles. The molecule has 8 heteroatoms. The molecular weight excluding hydrogens is 432 g/mol. The van der Waals surface area contributed by atoms with E-state index in [2.05, 4.69) is 16.9 Å². The molecule has 0 spiro atoms. The Morgan fingerprint density at radius 3 is 2.45 bits per heavy atom. The molecule has 0 bridgehead atoms. The van der Waals surface area contributed by atoms with Gasteiger partial charge in [-0.3, -0.25) is 20.4 Å². The SMILES string of the molecule is CCOc1ccc(OC(C)C(=O)NNC(=O)c2ccccc2SCc2cccs2)cc1. The second kappa shape index (κ2) is 11.4. The molecule has 1 heterocycles. The van der Waals surface area contributed by atoms with E-state index in [1.54, 1.807) is 66.4 Å². The van der Waals surface area contributed by atoms with Crippen LogP contribution in [0.15, 0.2) is 70.9 Å². The maximum absolute atomic E-state index is 12.6. The summed E-state index contributed by atoms with van der Waals surface area (Å²) in [5.74, 6) is 1.21. The van der Waals surface area contributed by atoms with E-state index in [1.807, 2.05) is 30.5 Å². The van der Waals surface area contributed by atoms with Crippen molar-refractivity contribution in [2.75, 3.05) is 6.61 Å². The van der Waals surface area contributed by atoms with E-state index in [0.717, 1.165) is 16.4 Å². The van der Waals surface area contributed by atoms with Gasteiger partial charge in [-0.25, -0.2) is 0 Å². The lowest BCUT2D eigenvalue weighted by atomic mass is 10.2. The molecule has 6 nitrogen and oxygen atoms in total. The molecule has 0 aliphatic heterocycles. The van der Waals surface area contributed by atoms with Gasteiger partial charge in [-0.2, -0.15) is 0 Å². The molecule has 2 N–H and O–H groups in total. The van der Waals surface area contributed by atoms with Crippen molar-refractivity contribution in [2.45, 2.75) is 30.6 Å². The summed E-state index contributed by atoms with van der Waals surface area (Å²) in [5, 5.41) is 2.03. The maximum atomic E-state index is 12.6. The third-order valence-corrected chi connectivity index (χ3v) is 6.38. The Bertz CT molecular complexity index is 991. The number of hydrogen-bond acceptors (Lipinski definition) is 6. The number of carbonyl (C=O) groups excluding carboxylic acids is 2. The van der Waals surface area contributed by atoms with E-state index in [-0.39, 0.29) is 5.91 Å². The minimum atomic E-state index is -0.790. The second-order valence-corrected chi connectivity index (χ2v) is 8.52. The molecule has 0 aliphatic carbocycles. The summed E-state index contributed by atoms with van der Waals surface area (Å²) in [6, 6.07) is 18.4. The van der Waals surface area contributed by atoms with Crippen molar-refractivity contribution >= 4 is 34.9 Å². The number of benzene rings is 2. The summed E-state index contributed by atoms with van der Waals surface area (Å²) in [4.78, 5) is 27.0. The molecular formula is C23H24N2O4S2. The summed E-state index contributed by atoms with van der Waals surface area (Å²) in [5.41, 5.74) is 5.41. The molecule has 2 aromatic carbocycles. The van der Waals surface area contributed by atoms with Gasteiger partial charge in [-0.05, 0) is 61.7 Å². The highest BCUT2D eigenvalue weighted by Crippen LogP contribution is 2.27. The van der Waals surface area contributed by atoms with Crippen molar-refractivity contribution in [3.05, 3.63) is 76.5 Å². The van der Waals surface area contributed by atoms with E-state index in [4.69, 9.17) is 9.47 Å². The Morgan fingerprint density at radius 2 is 1.74 bits per heavy atom. The van der Waals surface area contributed by atoms with Gasteiger partial charge in [0.1, 0.15) is 11.5 Å². The fourth-order valence-corrected chi connectivity index (χ4v) is 4.47. The minimum Gasteiger partial charge on any atom is -0.494 e. The fraction of sp³-hybridized carbons (Fsp3) is 0.217. The number of ether oxygens (including phenoxy) is 2. The Morgan fingerprint density at radius 1 is 1.00 bits per heavy atom. The number of thioether (sulfide) groups is 1. The average molecular weight is 457 g/mol. The Hall–Kier alpha value is -2.97. The lowest BCUT2D eigenvalue weighted by Gasteiger charge is -2.16. The van der Waals surface area contributed by atoms with Crippen LogP contribution in [0.5, 0.6) is 11.5 Å². The first-order valence-electron chi connectivity index (χ1n) is 9.80. The summed E-state index contributed by atoms with van der Waals surface area (Å²) in [6.07, 6.45) is -0.790. The summed E-state index contributed by atoms with van der Waals surface area (Å²) in [7, 11) is 0. The van der Waals surface area contributed by atoms with E-state index >= 15 is 0 Å². The van der Waals surface area contributed by atoms with Gasteiger partial charge in [0.05, 0.1) is 12.2 Å². The third kappa shape index (κ3) is 6.77. The van der Waals surface area contributed by atoms with Crippen LogP contribution >= 0.6 is 23.1 Å². The normalized spacial score (nSPS) is 11.4. The van der Waals surface area contributed by atoms with Gasteiger partial charge in [0.15, 0.2) is 6.10 Å². The van der Waals surface area contributed by atoms with Crippen molar-refractivity contribution in [1.82, 2.24) is 10.9 Å². The van der Waals surface area contributed by atoms with E-state index < -0.39 is 12.0 Å². The van der Waals surface area contributed by atoms with Gasteiger partial charge in [0, 0.05) is 15.5 Å². The maximum Gasteiger partial charge on any atom is 0.279 e. The number of thiophene rings is 1. The van der Waals surface area contributed by atoms with Crippen LogP contribution < -0.4 is 20.3 Å². The number of rotatable bonds is 9. The highest BCUT2D eigenvalue weighted by Gasteiger charge is 2.17. The molecule has 0 saturated heterocycles. The molecule has 0 radical (unpaired) electrons. The highest BCUT2D eigenvalue weighted by molar-refractivity contribution is 7.98. The number of nitrogens with one attached hydrogen (secondary N) is 2. The van der Waals surface area contributed by atoms with Crippen LogP contribution in [0.4, 0.5) is 0 Å². The molecule has 1 atom stereocenters. The molecule has 2 amide bonds. The van der Waals surface area contributed by atoms with Crippen LogP contribution in [0.1, 0.15) is 29.1 Å². The van der Waals surface area contributed by atoms with Crippen molar-refractivity contribution in [2.24, 2.45) is 0 Å². The van der Waals surface area contributed by atoms with E-state index in [1.165, 1.54) is 4.88 Å². The minimum absolute atomic E-state index is 0.379. The van der Waals surface area contributed by atoms with Crippen molar-refractivity contribution < 1.29 is 19.1 Å². The summed E-state index contributed by atoms with van der Waals surface area (Å²) >= 11 is 3.26. The van der Waals surface area contributed by atoms with Crippen LogP contribution in [0, 0.1) is 0 Å². The number of amides is 2. The molecule has 3 rings (SSSR count). The van der Waals surface area contributed by atoms with Crippen LogP contribution in [0.25, 0.3) is 0 Å². The Kier molecular flexibility index (Phi) is 8.37. The van der Waals surface area contributed by atoms with E-state index in [0.29, 0.717) is 17.9 Å². The summed E-state index contributed by atoms with van der Waals surface area (Å²) in [6.45, 7) is 4.10. The van der Waals surface area contributed by atoms with Crippen molar-refractivity contribution in [1.29, 1.82) is 0 Å². The number of hydrogen-bond donors (Lipinski definition) is 2. The first-order chi connectivity index (χ1) is 15.1. The number of hydrazine groups is 1. The lowest BCUT2D eigenvalue weighted by Crippen LogP contribution is -2.47.